The van der Waals surface area contributed by atoms with Crippen LogP contribution in [0.5, 0.6) is 0 Å². The second-order valence-electron chi connectivity index (χ2n) is 7.47. The van der Waals surface area contributed by atoms with Gasteiger partial charge in [0.15, 0.2) is 5.96 Å². The second-order valence-corrected chi connectivity index (χ2v) is 7.47. The van der Waals surface area contributed by atoms with Crippen molar-refractivity contribution >= 4 is 17.8 Å². The van der Waals surface area contributed by atoms with Gasteiger partial charge in [-0.05, 0) is 32.0 Å². The number of nitrogens with one attached hydrogen (secondary N) is 2. The summed E-state index contributed by atoms with van der Waals surface area (Å²) in [4.78, 5) is 31.9. The van der Waals surface area contributed by atoms with E-state index in [4.69, 9.17) is 0 Å². The number of hydrogen-bond donors (Lipinski definition) is 2. The molecule has 0 radical (unpaired) electrons. The maximum Gasteiger partial charge on any atom is 0.225 e. The number of carbonyl (C=O) groups is 1. The molecule has 0 aliphatic carbocycles. The summed E-state index contributed by atoms with van der Waals surface area (Å²) in [7, 11) is 1.77. The molecular formula is C20H34N8O. The molecule has 9 nitrogen and oxygen atoms in total. The number of aliphatic imine (C=N–C) groups is 1. The molecule has 1 aromatic rings. The number of aromatic nitrogens is 2. The summed E-state index contributed by atoms with van der Waals surface area (Å²) in [5, 5.41) is 6.68. The van der Waals surface area contributed by atoms with E-state index >= 15 is 0 Å². The smallest absolute Gasteiger partial charge is 0.225 e. The highest BCUT2D eigenvalue weighted by Gasteiger charge is 2.23. The first-order chi connectivity index (χ1) is 14.2. The third-order valence-electron chi connectivity index (χ3n) is 5.73. The molecule has 1 amide bonds. The molecule has 1 atom stereocenters. The van der Waals surface area contributed by atoms with Gasteiger partial charge in [-0.25, -0.2) is 9.97 Å². The minimum atomic E-state index is 0.175. The summed E-state index contributed by atoms with van der Waals surface area (Å²) in [6.45, 7) is 8.92. The van der Waals surface area contributed by atoms with Crippen molar-refractivity contribution in [3.8, 4) is 0 Å². The number of carbonyl (C=O) groups excluding carboxylic acids is 1. The highest BCUT2D eigenvalue weighted by Crippen LogP contribution is 2.15. The molecule has 2 aliphatic rings. The lowest BCUT2D eigenvalue weighted by molar-refractivity contribution is -0.131. The number of likely N-dealkylation sites (tertiary alicyclic amines) is 1. The summed E-state index contributed by atoms with van der Waals surface area (Å²) >= 11 is 0. The van der Waals surface area contributed by atoms with E-state index < -0.39 is 0 Å². The molecule has 0 saturated carbocycles. The minimum absolute atomic E-state index is 0.175. The Morgan fingerprint density at radius 3 is 2.62 bits per heavy atom. The third kappa shape index (κ3) is 6.03. The van der Waals surface area contributed by atoms with Crippen LogP contribution in [0.3, 0.4) is 0 Å². The van der Waals surface area contributed by atoms with Crippen molar-refractivity contribution < 1.29 is 4.79 Å². The van der Waals surface area contributed by atoms with Crippen LogP contribution < -0.4 is 15.5 Å². The van der Waals surface area contributed by atoms with E-state index in [-0.39, 0.29) is 5.91 Å². The second kappa shape index (κ2) is 10.9. The summed E-state index contributed by atoms with van der Waals surface area (Å²) in [6, 6.07) is 2.39. The summed E-state index contributed by atoms with van der Waals surface area (Å²) in [5.41, 5.74) is 0. The van der Waals surface area contributed by atoms with Crippen LogP contribution in [0.4, 0.5) is 5.95 Å². The largest absolute Gasteiger partial charge is 0.356 e. The first-order valence-corrected chi connectivity index (χ1v) is 10.7. The monoisotopic (exact) mass is 402 g/mol. The van der Waals surface area contributed by atoms with Crippen molar-refractivity contribution in [2.75, 3.05) is 64.3 Å². The number of nitrogens with zero attached hydrogens (tertiary/aromatic N) is 6. The van der Waals surface area contributed by atoms with Gasteiger partial charge >= 0.3 is 0 Å². The average molecular weight is 403 g/mol. The fraction of sp³-hybridized carbons (Fsp3) is 0.700. The molecule has 0 aromatic carbocycles. The van der Waals surface area contributed by atoms with Gasteiger partial charge in [-0.1, -0.05) is 6.92 Å². The molecular weight excluding hydrogens is 368 g/mol. The molecule has 2 saturated heterocycles. The fourth-order valence-electron chi connectivity index (χ4n) is 4.03. The lowest BCUT2D eigenvalue weighted by Gasteiger charge is -2.34. The summed E-state index contributed by atoms with van der Waals surface area (Å²) in [6.07, 6.45) is 6.46. The third-order valence-corrected chi connectivity index (χ3v) is 5.73. The molecule has 9 heteroatoms. The number of hydrogen-bond acceptors (Lipinski definition) is 6. The van der Waals surface area contributed by atoms with Gasteiger partial charge in [0.1, 0.15) is 0 Å². The molecule has 0 bridgehead atoms. The summed E-state index contributed by atoms with van der Waals surface area (Å²) < 4.78 is 0. The van der Waals surface area contributed by atoms with Gasteiger partial charge in [0.25, 0.3) is 0 Å². The van der Waals surface area contributed by atoms with E-state index in [9.17, 15) is 4.79 Å². The van der Waals surface area contributed by atoms with Crippen molar-refractivity contribution in [1.82, 2.24) is 30.4 Å². The molecule has 1 unspecified atom stereocenters. The number of amides is 1. The molecule has 0 spiro atoms. The van der Waals surface area contributed by atoms with Crippen molar-refractivity contribution in [1.29, 1.82) is 0 Å². The normalized spacial score (nSPS) is 20.8. The van der Waals surface area contributed by atoms with Gasteiger partial charge in [-0.15, -0.1) is 0 Å². The molecule has 2 aliphatic heterocycles. The van der Waals surface area contributed by atoms with Gasteiger partial charge in [0.05, 0.1) is 0 Å². The standard InChI is InChI=1S/C20H34N8O/c1-3-26-11-4-6-17(26)16-25-19(21-2)22-10-7-18(29)27-12-14-28(15-13-27)20-23-8-5-9-24-20/h5,8-9,17H,3-4,6-7,10-16H2,1-2H3,(H2,21,22,25). The number of guanidine groups is 1. The number of rotatable bonds is 7. The highest BCUT2D eigenvalue weighted by molar-refractivity contribution is 5.81. The van der Waals surface area contributed by atoms with E-state index in [1.165, 1.54) is 19.4 Å². The zero-order valence-electron chi connectivity index (χ0n) is 17.7. The molecule has 2 fully saturated rings. The van der Waals surface area contributed by atoms with Gasteiger partial charge < -0.3 is 20.4 Å². The maximum atomic E-state index is 12.5. The van der Waals surface area contributed by atoms with Crippen LogP contribution >= 0.6 is 0 Å². The Bertz CT molecular complexity index is 660. The topological polar surface area (TPSA) is 89.0 Å². The number of likely N-dealkylation sites (N-methyl/N-ethyl adjacent to an activating group) is 1. The van der Waals surface area contributed by atoms with E-state index in [1.807, 2.05) is 11.0 Å². The van der Waals surface area contributed by atoms with Crippen molar-refractivity contribution in [3.05, 3.63) is 18.5 Å². The maximum absolute atomic E-state index is 12.5. The Hall–Kier alpha value is -2.42. The van der Waals surface area contributed by atoms with E-state index in [0.29, 0.717) is 32.1 Å². The predicted octanol–water partition coefficient (Wildman–Crippen LogP) is 0.165. The van der Waals surface area contributed by atoms with Crippen molar-refractivity contribution in [3.63, 3.8) is 0 Å². The zero-order chi connectivity index (χ0) is 20.5. The number of piperazine rings is 1. The van der Waals surface area contributed by atoms with Gasteiger partial charge in [-0.3, -0.25) is 14.7 Å². The predicted molar refractivity (Wildman–Crippen MR) is 115 cm³/mol. The highest BCUT2D eigenvalue weighted by atomic mass is 16.2. The van der Waals surface area contributed by atoms with Gasteiger partial charge in [0.2, 0.25) is 11.9 Å². The summed E-state index contributed by atoms with van der Waals surface area (Å²) in [5.74, 6) is 1.68. The van der Waals surface area contributed by atoms with Gasteiger partial charge in [-0.2, -0.15) is 0 Å². The Kier molecular flexibility index (Phi) is 8.03. The first-order valence-electron chi connectivity index (χ1n) is 10.7. The molecule has 3 rings (SSSR count). The van der Waals surface area contributed by atoms with E-state index in [2.05, 4.69) is 42.3 Å². The molecule has 3 heterocycles. The molecule has 1 aromatic heterocycles. The van der Waals surface area contributed by atoms with Crippen LogP contribution in [0.15, 0.2) is 23.5 Å². The lowest BCUT2D eigenvalue weighted by Crippen LogP contribution is -2.50. The quantitative estimate of drug-likeness (QED) is 0.496. The van der Waals surface area contributed by atoms with Crippen LogP contribution in [0.25, 0.3) is 0 Å². The van der Waals surface area contributed by atoms with Crippen LogP contribution in [0.2, 0.25) is 0 Å². The molecule has 2 N–H and O–H groups in total. The average Bonchev–Trinajstić information content (AvgIpc) is 3.24. The number of anilines is 1. The van der Waals surface area contributed by atoms with E-state index in [0.717, 1.165) is 38.1 Å². The SMILES string of the molecule is CCN1CCCC1CNC(=NC)NCCC(=O)N1CCN(c2ncccn2)CC1. The fourth-order valence-corrected chi connectivity index (χ4v) is 4.03. The minimum Gasteiger partial charge on any atom is -0.356 e. The zero-order valence-corrected chi connectivity index (χ0v) is 17.7. The Morgan fingerprint density at radius 2 is 1.93 bits per heavy atom. The van der Waals surface area contributed by atoms with Crippen LogP contribution in [-0.2, 0) is 4.79 Å². The Balaban J connectivity index is 1.34. The van der Waals surface area contributed by atoms with Crippen LogP contribution in [0, 0.1) is 0 Å². The van der Waals surface area contributed by atoms with Crippen molar-refractivity contribution in [2.24, 2.45) is 4.99 Å². The van der Waals surface area contributed by atoms with Gasteiger partial charge in [0, 0.05) is 71.2 Å². The van der Waals surface area contributed by atoms with Crippen LogP contribution in [-0.4, -0.2) is 97.1 Å². The first kappa shape index (κ1) is 21.3. The van der Waals surface area contributed by atoms with E-state index in [1.54, 1.807) is 19.4 Å². The van der Waals surface area contributed by atoms with Crippen LogP contribution in [0.1, 0.15) is 26.2 Å². The lowest BCUT2D eigenvalue weighted by atomic mass is 10.2. The Labute approximate surface area is 173 Å². The molecule has 160 valence electrons. The molecule has 29 heavy (non-hydrogen) atoms. The van der Waals surface area contributed by atoms with Crippen molar-refractivity contribution in [2.45, 2.75) is 32.2 Å². The Morgan fingerprint density at radius 1 is 1.17 bits per heavy atom.